The van der Waals surface area contributed by atoms with Gasteiger partial charge in [-0.15, -0.1) is 0 Å². The van der Waals surface area contributed by atoms with Crippen molar-refractivity contribution in [1.82, 2.24) is 19.9 Å². The van der Waals surface area contributed by atoms with Crippen molar-refractivity contribution in [3.05, 3.63) is 77.9 Å². The van der Waals surface area contributed by atoms with Crippen LogP contribution in [0.1, 0.15) is 17.5 Å². The van der Waals surface area contributed by atoms with E-state index in [0.717, 1.165) is 41.5 Å². The summed E-state index contributed by atoms with van der Waals surface area (Å²) < 4.78 is 14.6. The number of pyridine rings is 1. The van der Waals surface area contributed by atoms with Crippen LogP contribution in [-0.2, 0) is 10.8 Å². The molecule has 0 fully saturated rings. The van der Waals surface area contributed by atoms with E-state index < -0.39 is 0 Å². The molecule has 1 N–H and O–H groups in total. The number of hydrogen-bond donors (Lipinski definition) is 1. The molecule has 7 heteroatoms. The molecule has 4 aromatic rings. The Balaban J connectivity index is 1.76. The number of fused-ring (bicyclic) bond motifs is 1. The van der Waals surface area contributed by atoms with Gasteiger partial charge in [-0.05, 0) is 87.1 Å². The Morgan fingerprint density at radius 3 is 2.69 bits per heavy atom. The molecule has 164 valence electrons. The van der Waals surface area contributed by atoms with E-state index in [2.05, 4.69) is 64.0 Å². The van der Waals surface area contributed by atoms with Gasteiger partial charge in [-0.2, -0.15) is 0 Å². The maximum atomic E-state index is 14.0. The molecule has 2 aromatic heterocycles. The van der Waals surface area contributed by atoms with Crippen LogP contribution >= 0.6 is 22.6 Å². The summed E-state index contributed by atoms with van der Waals surface area (Å²) in [5, 5.41) is 4.36. The largest absolute Gasteiger partial charge is 0.340 e. The molecule has 0 saturated heterocycles. The van der Waals surface area contributed by atoms with Crippen LogP contribution < -0.4 is 5.32 Å². The van der Waals surface area contributed by atoms with E-state index in [9.17, 15) is 4.39 Å². The normalized spacial score (nSPS) is 11.3. The van der Waals surface area contributed by atoms with Gasteiger partial charge < -0.3 is 10.2 Å². The lowest BCUT2D eigenvalue weighted by Crippen LogP contribution is -2.13. The van der Waals surface area contributed by atoms with Gasteiger partial charge >= 0.3 is 0 Å². The molecule has 0 unspecified atom stereocenters. The lowest BCUT2D eigenvalue weighted by Gasteiger charge is -2.14. The lowest BCUT2D eigenvalue weighted by atomic mass is 10.1. The number of aryl methyl sites for hydroxylation is 1. The number of nitrogens with zero attached hydrogens (tertiary/aromatic N) is 4. The van der Waals surface area contributed by atoms with Gasteiger partial charge in [-0.3, -0.25) is 4.98 Å². The molecule has 0 saturated carbocycles. The second kappa shape index (κ2) is 10.3. The molecule has 0 spiro atoms. The van der Waals surface area contributed by atoms with Crippen LogP contribution in [0.25, 0.3) is 22.3 Å². The van der Waals surface area contributed by atoms with Gasteiger partial charge in [0, 0.05) is 33.5 Å². The number of hydrogen-bond acceptors (Lipinski definition) is 5. The van der Waals surface area contributed by atoms with Crippen molar-refractivity contribution in [3.63, 3.8) is 0 Å². The predicted molar refractivity (Wildman–Crippen MR) is 137 cm³/mol. The summed E-state index contributed by atoms with van der Waals surface area (Å²) in [5.41, 5.74) is 4.40. The van der Waals surface area contributed by atoms with Gasteiger partial charge in [0.05, 0.1) is 5.52 Å². The zero-order chi connectivity index (χ0) is 22.5. The second-order valence-electron chi connectivity index (χ2n) is 7.96. The van der Waals surface area contributed by atoms with E-state index >= 15 is 0 Å². The summed E-state index contributed by atoms with van der Waals surface area (Å²) >= 11 is 2.17. The quantitative estimate of drug-likeness (QED) is 0.219. The fourth-order valence-electron chi connectivity index (χ4n) is 3.54. The van der Waals surface area contributed by atoms with Crippen molar-refractivity contribution in [1.29, 1.82) is 0 Å². The molecule has 2 heterocycles. The SMILES string of the molecule is CN(C)CCCc1ccc2nc(-c3cccnc3)nc(Nc3ccc(F)c(CI)c3)c2c1. The standard InChI is InChI=1S/C25H25FIN5/c1-32(2)12-4-5-17-7-10-23-21(13-17)25(29-20-8-9-22(26)19(14-20)15-27)31-24(30-23)18-6-3-11-28-16-18/h3,6-11,13-14,16H,4-5,12,15H2,1-2H3,(H,29,30,31). The fourth-order valence-corrected chi connectivity index (χ4v) is 4.13. The Kier molecular flexibility index (Phi) is 7.26. The summed E-state index contributed by atoms with van der Waals surface area (Å²) in [7, 11) is 4.17. The number of rotatable bonds is 8. The minimum Gasteiger partial charge on any atom is -0.340 e. The summed E-state index contributed by atoms with van der Waals surface area (Å²) in [6, 6.07) is 15.2. The molecule has 32 heavy (non-hydrogen) atoms. The van der Waals surface area contributed by atoms with Crippen molar-refractivity contribution < 1.29 is 4.39 Å². The molecular formula is C25H25FIN5. The topological polar surface area (TPSA) is 53.9 Å². The van der Waals surface area contributed by atoms with Crippen molar-refractivity contribution in [3.8, 4) is 11.4 Å². The third-order valence-electron chi connectivity index (χ3n) is 5.20. The van der Waals surface area contributed by atoms with Gasteiger partial charge in [-0.25, -0.2) is 14.4 Å². The number of nitrogens with one attached hydrogen (secondary N) is 1. The molecule has 0 amide bonds. The highest BCUT2D eigenvalue weighted by Gasteiger charge is 2.12. The van der Waals surface area contributed by atoms with Crippen molar-refractivity contribution >= 4 is 45.0 Å². The average molecular weight is 541 g/mol. The van der Waals surface area contributed by atoms with Crippen LogP contribution in [0.4, 0.5) is 15.9 Å². The third-order valence-corrected chi connectivity index (χ3v) is 6.02. The Morgan fingerprint density at radius 2 is 1.94 bits per heavy atom. The molecule has 0 radical (unpaired) electrons. The van der Waals surface area contributed by atoms with E-state index in [1.165, 1.54) is 11.6 Å². The van der Waals surface area contributed by atoms with E-state index in [1.54, 1.807) is 18.5 Å². The minimum absolute atomic E-state index is 0.197. The first-order valence-corrected chi connectivity index (χ1v) is 12.0. The molecule has 2 aromatic carbocycles. The Labute approximate surface area is 201 Å². The van der Waals surface area contributed by atoms with Crippen molar-refractivity contribution in [2.24, 2.45) is 0 Å². The van der Waals surface area contributed by atoms with E-state index in [1.807, 2.05) is 24.3 Å². The highest BCUT2D eigenvalue weighted by atomic mass is 127. The molecule has 5 nitrogen and oxygen atoms in total. The van der Waals surface area contributed by atoms with Crippen LogP contribution in [-0.4, -0.2) is 40.5 Å². The monoisotopic (exact) mass is 541 g/mol. The van der Waals surface area contributed by atoms with Gasteiger partial charge in [-0.1, -0.05) is 28.7 Å². The smallest absolute Gasteiger partial charge is 0.163 e. The Hall–Kier alpha value is -2.65. The number of aromatic nitrogens is 3. The first-order valence-electron chi connectivity index (χ1n) is 10.5. The van der Waals surface area contributed by atoms with Crippen LogP contribution in [0, 0.1) is 5.82 Å². The zero-order valence-electron chi connectivity index (χ0n) is 18.1. The fraction of sp³-hybridized carbons (Fsp3) is 0.240. The highest BCUT2D eigenvalue weighted by molar-refractivity contribution is 14.1. The van der Waals surface area contributed by atoms with Crippen LogP contribution in [0.3, 0.4) is 0 Å². The average Bonchev–Trinajstić information content (AvgIpc) is 2.80. The minimum atomic E-state index is -0.197. The van der Waals surface area contributed by atoms with Crippen LogP contribution in [0.2, 0.25) is 0 Å². The summed E-state index contributed by atoms with van der Waals surface area (Å²) in [4.78, 5) is 16.0. The summed E-state index contributed by atoms with van der Waals surface area (Å²) in [5.74, 6) is 1.11. The highest BCUT2D eigenvalue weighted by Crippen LogP contribution is 2.29. The number of alkyl halides is 1. The summed E-state index contributed by atoms with van der Waals surface area (Å²) in [6.07, 6.45) is 5.54. The maximum absolute atomic E-state index is 14.0. The Morgan fingerprint density at radius 1 is 1.06 bits per heavy atom. The van der Waals surface area contributed by atoms with Gasteiger partial charge in [0.1, 0.15) is 11.6 Å². The Bertz CT molecular complexity index is 1210. The molecule has 0 aliphatic heterocycles. The van der Waals surface area contributed by atoms with Gasteiger partial charge in [0.15, 0.2) is 5.82 Å². The molecule has 0 aliphatic rings. The van der Waals surface area contributed by atoms with E-state index in [-0.39, 0.29) is 5.82 Å². The molecule has 0 aliphatic carbocycles. The van der Waals surface area contributed by atoms with E-state index in [0.29, 0.717) is 21.6 Å². The lowest BCUT2D eigenvalue weighted by molar-refractivity contribution is 0.400. The van der Waals surface area contributed by atoms with Gasteiger partial charge in [0.25, 0.3) is 0 Å². The molecule has 4 rings (SSSR count). The number of anilines is 2. The number of benzene rings is 2. The van der Waals surface area contributed by atoms with Crippen molar-refractivity contribution in [2.45, 2.75) is 17.3 Å². The maximum Gasteiger partial charge on any atom is 0.163 e. The zero-order valence-corrected chi connectivity index (χ0v) is 20.3. The van der Waals surface area contributed by atoms with E-state index in [4.69, 9.17) is 9.97 Å². The van der Waals surface area contributed by atoms with Crippen LogP contribution in [0.5, 0.6) is 0 Å². The van der Waals surface area contributed by atoms with Crippen LogP contribution in [0.15, 0.2) is 60.9 Å². The van der Waals surface area contributed by atoms with Crippen molar-refractivity contribution in [2.75, 3.05) is 26.0 Å². The first-order chi connectivity index (χ1) is 15.5. The predicted octanol–water partition coefficient (Wildman–Crippen LogP) is 6.00. The molecule has 0 bridgehead atoms. The third kappa shape index (κ3) is 5.39. The summed E-state index contributed by atoms with van der Waals surface area (Å²) in [6.45, 7) is 1.04. The molecule has 0 atom stereocenters. The first kappa shape index (κ1) is 22.5. The van der Waals surface area contributed by atoms with Gasteiger partial charge in [0.2, 0.25) is 0 Å². The molecular weight excluding hydrogens is 516 g/mol. The number of halogens is 2. The second-order valence-corrected chi connectivity index (χ2v) is 8.72.